The van der Waals surface area contributed by atoms with Crippen molar-refractivity contribution in [2.75, 3.05) is 5.32 Å². The number of hydrogen-bond donors (Lipinski definition) is 1. The maximum Gasteiger partial charge on any atom is 0.291 e. The van der Waals surface area contributed by atoms with Crippen molar-refractivity contribution < 1.29 is 18.3 Å². The average Bonchev–Trinajstić information content (AvgIpc) is 3.07. The minimum atomic E-state index is -0.509. The number of amides is 1. The van der Waals surface area contributed by atoms with Gasteiger partial charge >= 0.3 is 0 Å². The fraction of sp³-hybridized carbons (Fsp3) is 0.105. The molecule has 2 aromatic carbocycles. The average molecular weight is 451 g/mol. The SMILES string of the molecule is Cc1ccc(F)c(NC(=O)c2ccc(COc3ccc(I)cc3)o2)c1. The van der Waals surface area contributed by atoms with Gasteiger partial charge in [-0.1, -0.05) is 6.07 Å². The van der Waals surface area contributed by atoms with Gasteiger partial charge in [-0.05, 0) is 83.6 Å². The van der Waals surface area contributed by atoms with Crippen LogP contribution < -0.4 is 10.1 Å². The van der Waals surface area contributed by atoms with E-state index in [2.05, 4.69) is 27.9 Å². The zero-order chi connectivity index (χ0) is 17.8. The number of rotatable bonds is 5. The number of carbonyl (C=O) groups excluding carboxylic acids is 1. The molecule has 0 radical (unpaired) electrons. The van der Waals surface area contributed by atoms with E-state index >= 15 is 0 Å². The van der Waals surface area contributed by atoms with Crippen molar-refractivity contribution in [2.24, 2.45) is 0 Å². The van der Waals surface area contributed by atoms with Crippen LogP contribution in [-0.2, 0) is 6.61 Å². The standard InChI is InChI=1S/C19H15FINO3/c1-12-2-8-16(20)17(10-12)22-19(23)18-9-7-15(25-18)11-24-14-5-3-13(21)4-6-14/h2-10H,11H2,1H3,(H,22,23). The summed E-state index contributed by atoms with van der Waals surface area (Å²) < 4.78 is 25.9. The first-order valence-electron chi connectivity index (χ1n) is 7.56. The van der Waals surface area contributed by atoms with Gasteiger partial charge in [0, 0.05) is 3.57 Å². The van der Waals surface area contributed by atoms with Crippen molar-refractivity contribution in [3.05, 3.63) is 81.1 Å². The van der Waals surface area contributed by atoms with Gasteiger partial charge in [0.2, 0.25) is 0 Å². The van der Waals surface area contributed by atoms with Crippen LogP contribution in [0.3, 0.4) is 0 Å². The second-order valence-corrected chi connectivity index (χ2v) is 6.69. The molecule has 25 heavy (non-hydrogen) atoms. The summed E-state index contributed by atoms with van der Waals surface area (Å²) in [6.45, 7) is 2.02. The third-order valence-corrected chi connectivity index (χ3v) is 4.17. The first-order valence-corrected chi connectivity index (χ1v) is 8.64. The molecule has 0 saturated heterocycles. The number of benzene rings is 2. The molecule has 0 spiro atoms. The molecule has 1 N–H and O–H groups in total. The smallest absolute Gasteiger partial charge is 0.291 e. The number of hydrogen-bond acceptors (Lipinski definition) is 3. The molecule has 6 heteroatoms. The maximum absolute atomic E-state index is 13.7. The Labute approximate surface area is 158 Å². The van der Waals surface area contributed by atoms with Gasteiger partial charge in [-0.15, -0.1) is 0 Å². The molecule has 0 aliphatic rings. The van der Waals surface area contributed by atoms with Crippen LogP contribution in [0.25, 0.3) is 0 Å². The lowest BCUT2D eigenvalue weighted by Gasteiger charge is -2.06. The summed E-state index contributed by atoms with van der Waals surface area (Å²) in [5.74, 6) is 0.318. The van der Waals surface area contributed by atoms with E-state index in [4.69, 9.17) is 9.15 Å². The summed E-state index contributed by atoms with van der Waals surface area (Å²) in [5.41, 5.74) is 0.973. The molecule has 3 rings (SSSR count). The fourth-order valence-corrected chi connectivity index (χ4v) is 2.54. The molecular formula is C19H15FINO3. The Hall–Kier alpha value is -2.35. The zero-order valence-electron chi connectivity index (χ0n) is 13.4. The summed E-state index contributed by atoms with van der Waals surface area (Å²) >= 11 is 2.21. The van der Waals surface area contributed by atoms with Gasteiger partial charge in [0.15, 0.2) is 5.76 Å². The van der Waals surface area contributed by atoms with Gasteiger partial charge in [-0.3, -0.25) is 4.79 Å². The highest BCUT2D eigenvalue weighted by Crippen LogP contribution is 2.19. The number of furan rings is 1. The summed E-state index contributed by atoms with van der Waals surface area (Å²) in [6, 6.07) is 15.3. The molecule has 1 heterocycles. The highest BCUT2D eigenvalue weighted by molar-refractivity contribution is 14.1. The lowest BCUT2D eigenvalue weighted by molar-refractivity contribution is 0.0992. The minimum Gasteiger partial charge on any atom is -0.486 e. The maximum atomic E-state index is 13.7. The highest BCUT2D eigenvalue weighted by Gasteiger charge is 2.14. The Kier molecular flexibility index (Phi) is 5.37. The Morgan fingerprint density at radius 2 is 1.92 bits per heavy atom. The molecule has 0 saturated carbocycles. The Balaban J connectivity index is 1.63. The number of halogens is 2. The molecule has 0 unspecified atom stereocenters. The summed E-state index contributed by atoms with van der Waals surface area (Å²) in [5, 5.41) is 2.51. The third-order valence-electron chi connectivity index (χ3n) is 3.45. The first kappa shape index (κ1) is 17.5. The van der Waals surface area contributed by atoms with E-state index in [9.17, 15) is 9.18 Å². The molecule has 0 aliphatic heterocycles. The highest BCUT2D eigenvalue weighted by atomic mass is 127. The molecule has 1 amide bonds. The van der Waals surface area contributed by atoms with Crippen LogP contribution in [0.15, 0.2) is 59.0 Å². The van der Waals surface area contributed by atoms with Crippen LogP contribution in [-0.4, -0.2) is 5.91 Å². The minimum absolute atomic E-state index is 0.0992. The zero-order valence-corrected chi connectivity index (χ0v) is 15.5. The normalized spacial score (nSPS) is 10.5. The van der Waals surface area contributed by atoms with E-state index in [-0.39, 0.29) is 18.1 Å². The van der Waals surface area contributed by atoms with E-state index in [0.29, 0.717) is 11.5 Å². The Bertz CT molecular complexity index is 890. The van der Waals surface area contributed by atoms with Crippen molar-refractivity contribution >= 4 is 34.2 Å². The molecular weight excluding hydrogens is 436 g/mol. The van der Waals surface area contributed by atoms with Gasteiger partial charge in [0.25, 0.3) is 5.91 Å². The molecule has 3 aromatic rings. The van der Waals surface area contributed by atoms with Crippen molar-refractivity contribution in [3.63, 3.8) is 0 Å². The van der Waals surface area contributed by atoms with Crippen molar-refractivity contribution in [1.82, 2.24) is 0 Å². The first-order chi connectivity index (χ1) is 12.0. The van der Waals surface area contributed by atoms with E-state index in [1.54, 1.807) is 18.2 Å². The lowest BCUT2D eigenvalue weighted by Crippen LogP contribution is -2.12. The topological polar surface area (TPSA) is 51.5 Å². The monoisotopic (exact) mass is 451 g/mol. The molecule has 4 nitrogen and oxygen atoms in total. The van der Waals surface area contributed by atoms with Crippen molar-refractivity contribution in [3.8, 4) is 5.75 Å². The summed E-state index contributed by atoms with van der Waals surface area (Å²) in [4.78, 5) is 12.2. The van der Waals surface area contributed by atoms with Gasteiger partial charge in [-0.25, -0.2) is 4.39 Å². The molecule has 0 aliphatic carbocycles. The Morgan fingerprint density at radius 3 is 2.68 bits per heavy atom. The second-order valence-electron chi connectivity index (χ2n) is 5.45. The van der Waals surface area contributed by atoms with Gasteiger partial charge in [0.05, 0.1) is 5.69 Å². The number of aryl methyl sites for hydroxylation is 1. The third kappa shape index (κ3) is 4.60. The van der Waals surface area contributed by atoms with Gasteiger partial charge in [-0.2, -0.15) is 0 Å². The van der Waals surface area contributed by atoms with Crippen LogP contribution in [0.4, 0.5) is 10.1 Å². The number of anilines is 1. The Morgan fingerprint density at radius 1 is 1.16 bits per heavy atom. The van der Waals surface area contributed by atoms with Crippen LogP contribution >= 0.6 is 22.6 Å². The van der Waals surface area contributed by atoms with E-state index in [0.717, 1.165) is 9.13 Å². The largest absolute Gasteiger partial charge is 0.486 e. The number of ether oxygens (including phenoxy) is 1. The predicted octanol–water partition coefficient (Wildman–Crippen LogP) is 5.16. The van der Waals surface area contributed by atoms with E-state index in [1.165, 1.54) is 12.1 Å². The second kappa shape index (κ2) is 7.69. The molecule has 0 bridgehead atoms. The fourth-order valence-electron chi connectivity index (χ4n) is 2.18. The van der Waals surface area contributed by atoms with E-state index < -0.39 is 11.7 Å². The molecule has 128 valence electrons. The predicted molar refractivity (Wildman–Crippen MR) is 101 cm³/mol. The molecule has 0 fully saturated rings. The van der Waals surface area contributed by atoms with Crippen molar-refractivity contribution in [2.45, 2.75) is 13.5 Å². The van der Waals surface area contributed by atoms with Crippen LogP contribution in [0.1, 0.15) is 21.9 Å². The van der Waals surface area contributed by atoms with Gasteiger partial charge in [0.1, 0.15) is 23.9 Å². The number of nitrogens with one attached hydrogen (secondary N) is 1. The summed E-state index contributed by atoms with van der Waals surface area (Å²) in [7, 11) is 0. The van der Waals surface area contributed by atoms with Crippen molar-refractivity contribution in [1.29, 1.82) is 0 Å². The molecule has 1 aromatic heterocycles. The summed E-state index contributed by atoms with van der Waals surface area (Å²) in [6.07, 6.45) is 0. The quantitative estimate of drug-likeness (QED) is 0.546. The van der Waals surface area contributed by atoms with Gasteiger partial charge < -0.3 is 14.5 Å². The molecule has 0 atom stereocenters. The lowest BCUT2D eigenvalue weighted by atomic mass is 10.2. The van der Waals surface area contributed by atoms with Crippen LogP contribution in [0.5, 0.6) is 5.75 Å². The van der Waals surface area contributed by atoms with E-state index in [1.807, 2.05) is 31.2 Å². The van der Waals surface area contributed by atoms with Crippen LogP contribution in [0.2, 0.25) is 0 Å². The van der Waals surface area contributed by atoms with Crippen LogP contribution in [0, 0.1) is 16.3 Å². The number of carbonyl (C=O) groups is 1.